The lowest BCUT2D eigenvalue weighted by Gasteiger charge is -2.37. The van der Waals surface area contributed by atoms with Crippen molar-refractivity contribution in [3.63, 3.8) is 0 Å². The standard InChI is InChI=1S/C20H32O7/c1-10-14-7-15(11(2)19(24)25-6)18(26-12(3)21)9-20(5,27-13(4)22)16(14)8-17(10)23/h10-11,14-18,23H,7-9H2,1-6H3/t10-,11+,14+,15-,16-,17-,18+,20-/m1/s1. The molecule has 8 atom stereocenters. The van der Waals surface area contributed by atoms with Gasteiger partial charge in [0.2, 0.25) is 0 Å². The zero-order valence-corrected chi connectivity index (χ0v) is 17.1. The van der Waals surface area contributed by atoms with E-state index in [-0.39, 0.29) is 29.6 Å². The molecule has 2 aliphatic rings. The average Bonchev–Trinajstić information content (AvgIpc) is 2.78. The second kappa shape index (κ2) is 8.17. The summed E-state index contributed by atoms with van der Waals surface area (Å²) in [4.78, 5) is 35.8. The van der Waals surface area contributed by atoms with Crippen molar-refractivity contribution in [2.24, 2.45) is 29.6 Å². The smallest absolute Gasteiger partial charge is 0.308 e. The molecular formula is C20H32O7. The van der Waals surface area contributed by atoms with Gasteiger partial charge in [-0.25, -0.2) is 0 Å². The third kappa shape index (κ3) is 4.45. The quantitative estimate of drug-likeness (QED) is 0.585. The number of fused-ring (bicyclic) bond motifs is 1. The Balaban J connectivity index is 2.47. The van der Waals surface area contributed by atoms with E-state index in [1.165, 1.54) is 21.0 Å². The van der Waals surface area contributed by atoms with E-state index in [0.717, 1.165) is 0 Å². The van der Waals surface area contributed by atoms with Gasteiger partial charge < -0.3 is 19.3 Å². The molecule has 0 heterocycles. The number of carbonyl (C=O) groups excluding carboxylic acids is 3. The topological polar surface area (TPSA) is 99.1 Å². The highest BCUT2D eigenvalue weighted by atomic mass is 16.6. The minimum Gasteiger partial charge on any atom is -0.469 e. The summed E-state index contributed by atoms with van der Waals surface area (Å²) in [5, 5.41) is 10.5. The maximum atomic E-state index is 12.2. The zero-order chi connectivity index (χ0) is 20.5. The third-order valence-corrected chi connectivity index (χ3v) is 6.62. The van der Waals surface area contributed by atoms with Crippen LogP contribution in [0.5, 0.6) is 0 Å². The molecule has 1 N–H and O–H groups in total. The monoisotopic (exact) mass is 384 g/mol. The number of aliphatic hydroxyl groups is 1. The summed E-state index contributed by atoms with van der Waals surface area (Å²) in [5.41, 5.74) is -0.882. The van der Waals surface area contributed by atoms with Gasteiger partial charge in [-0.1, -0.05) is 13.8 Å². The Hall–Kier alpha value is -1.63. The van der Waals surface area contributed by atoms with E-state index >= 15 is 0 Å². The lowest BCUT2D eigenvalue weighted by Crippen LogP contribution is -2.44. The van der Waals surface area contributed by atoms with Gasteiger partial charge >= 0.3 is 17.9 Å². The predicted octanol–water partition coefficient (Wildman–Crippen LogP) is 2.09. The van der Waals surface area contributed by atoms with E-state index in [2.05, 4.69) is 0 Å². The minimum absolute atomic E-state index is 0.00620. The molecule has 0 aromatic rings. The van der Waals surface area contributed by atoms with Crippen molar-refractivity contribution in [1.82, 2.24) is 0 Å². The van der Waals surface area contributed by atoms with Crippen LogP contribution in [0.3, 0.4) is 0 Å². The number of esters is 3. The number of aliphatic hydroxyl groups excluding tert-OH is 1. The largest absolute Gasteiger partial charge is 0.469 e. The van der Waals surface area contributed by atoms with Crippen molar-refractivity contribution in [2.75, 3.05) is 7.11 Å². The number of hydrogen-bond donors (Lipinski definition) is 1. The summed E-state index contributed by atoms with van der Waals surface area (Å²) in [6.45, 7) is 8.29. The Bertz CT molecular complexity index is 589. The third-order valence-electron chi connectivity index (χ3n) is 6.62. The fraction of sp³-hybridized carbons (Fsp3) is 0.850. The summed E-state index contributed by atoms with van der Waals surface area (Å²) in [7, 11) is 1.34. The van der Waals surface area contributed by atoms with E-state index in [1.54, 1.807) is 6.92 Å². The first-order valence-electron chi connectivity index (χ1n) is 9.62. The van der Waals surface area contributed by atoms with Gasteiger partial charge in [-0.15, -0.1) is 0 Å². The van der Waals surface area contributed by atoms with E-state index < -0.39 is 35.7 Å². The van der Waals surface area contributed by atoms with Crippen LogP contribution in [0.25, 0.3) is 0 Å². The summed E-state index contributed by atoms with van der Waals surface area (Å²) in [5.74, 6) is -2.01. The van der Waals surface area contributed by atoms with Crippen LogP contribution in [0.2, 0.25) is 0 Å². The van der Waals surface area contributed by atoms with Gasteiger partial charge in [0.25, 0.3) is 0 Å². The highest BCUT2D eigenvalue weighted by Gasteiger charge is 2.56. The molecule has 0 aromatic carbocycles. The molecule has 7 heteroatoms. The fourth-order valence-electron chi connectivity index (χ4n) is 5.23. The first-order valence-corrected chi connectivity index (χ1v) is 9.62. The van der Waals surface area contributed by atoms with Crippen molar-refractivity contribution >= 4 is 17.9 Å². The highest BCUT2D eigenvalue weighted by Crippen LogP contribution is 2.53. The molecule has 7 nitrogen and oxygen atoms in total. The van der Waals surface area contributed by atoms with Crippen molar-refractivity contribution in [2.45, 2.75) is 71.7 Å². The molecule has 2 saturated carbocycles. The van der Waals surface area contributed by atoms with Crippen LogP contribution in [0, 0.1) is 29.6 Å². The molecular weight excluding hydrogens is 352 g/mol. The molecule has 2 fully saturated rings. The van der Waals surface area contributed by atoms with Crippen molar-refractivity contribution in [1.29, 1.82) is 0 Å². The van der Waals surface area contributed by atoms with Gasteiger partial charge in [-0.05, 0) is 31.6 Å². The lowest BCUT2D eigenvalue weighted by molar-refractivity contribution is -0.172. The predicted molar refractivity (Wildman–Crippen MR) is 96.4 cm³/mol. The number of carbonyl (C=O) groups is 3. The van der Waals surface area contributed by atoms with Crippen LogP contribution in [-0.2, 0) is 28.6 Å². The van der Waals surface area contributed by atoms with Crippen LogP contribution in [-0.4, -0.2) is 47.9 Å². The number of ether oxygens (including phenoxy) is 3. The normalized spacial score (nSPS) is 39.7. The minimum atomic E-state index is -0.882. The molecule has 0 aromatic heterocycles. The van der Waals surface area contributed by atoms with E-state index in [1.807, 2.05) is 13.8 Å². The van der Waals surface area contributed by atoms with E-state index in [0.29, 0.717) is 19.3 Å². The summed E-state index contributed by atoms with van der Waals surface area (Å²) in [6, 6.07) is 0. The molecule has 0 bridgehead atoms. The van der Waals surface area contributed by atoms with Gasteiger partial charge in [0.05, 0.1) is 19.1 Å². The molecule has 0 saturated heterocycles. The SMILES string of the molecule is COC(=O)[C@@H](C)[C@H]1C[C@H]2[C@@H](C)[C@H](O)C[C@H]2[C@](C)(OC(C)=O)C[C@@H]1OC(C)=O. The van der Waals surface area contributed by atoms with Crippen LogP contribution >= 0.6 is 0 Å². The van der Waals surface area contributed by atoms with Crippen LogP contribution in [0.15, 0.2) is 0 Å². The Morgan fingerprint density at radius 2 is 1.78 bits per heavy atom. The first kappa shape index (κ1) is 21.7. The Morgan fingerprint density at radius 1 is 1.15 bits per heavy atom. The van der Waals surface area contributed by atoms with Crippen molar-refractivity contribution < 1.29 is 33.7 Å². The summed E-state index contributed by atoms with van der Waals surface area (Å²) >= 11 is 0. The first-order chi connectivity index (χ1) is 12.5. The van der Waals surface area contributed by atoms with Crippen molar-refractivity contribution in [3.05, 3.63) is 0 Å². The number of rotatable bonds is 4. The average molecular weight is 384 g/mol. The van der Waals surface area contributed by atoms with Gasteiger partial charge in [0, 0.05) is 32.1 Å². The van der Waals surface area contributed by atoms with Crippen LogP contribution in [0.1, 0.15) is 53.9 Å². The Morgan fingerprint density at radius 3 is 2.30 bits per heavy atom. The van der Waals surface area contributed by atoms with Gasteiger partial charge in [0.1, 0.15) is 11.7 Å². The highest BCUT2D eigenvalue weighted by molar-refractivity contribution is 5.72. The molecule has 27 heavy (non-hydrogen) atoms. The summed E-state index contributed by atoms with van der Waals surface area (Å²) < 4.78 is 16.3. The second-order valence-corrected chi connectivity index (χ2v) is 8.40. The maximum absolute atomic E-state index is 12.2. The molecule has 0 aliphatic heterocycles. The molecule has 0 radical (unpaired) electrons. The van der Waals surface area contributed by atoms with E-state index in [9.17, 15) is 19.5 Å². The molecule has 154 valence electrons. The number of methoxy groups -OCH3 is 1. The summed E-state index contributed by atoms with van der Waals surface area (Å²) in [6.07, 6.45) is 0.333. The zero-order valence-electron chi connectivity index (χ0n) is 17.1. The van der Waals surface area contributed by atoms with Crippen LogP contribution < -0.4 is 0 Å². The number of hydrogen-bond acceptors (Lipinski definition) is 7. The maximum Gasteiger partial charge on any atom is 0.308 e. The van der Waals surface area contributed by atoms with Gasteiger partial charge in [-0.2, -0.15) is 0 Å². The molecule has 2 aliphatic carbocycles. The fourth-order valence-corrected chi connectivity index (χ4v) is 5.23. The molecule has 0 spiro atoms. The molecule has 0 unspecified atom stereocenters. The van der Waals surface area contributed by atoms with E-state index in [4.69, 9.17) is 14.2 Å². The second-order valence-electron chi connectivity index (χ2n) is 8.40. The lowest BCUT2D eigenvalue weighted by atomic mass is 9.76. The van der Waals surface area contributed by atoms with Gasteiger partial charge in [-0.3, -0.25) is 14.4 Å². The van der Waals surface area contributed by atoms with Crippen LogP contribution in [0.4, 0.5) is 0 Å². The molecule has 0 amide bonds. The Labute approximate surface area is 160 Å². The van der Waals surface area contributed by atoms with Crippen molar-refractivity contribution in [3.8, 4) is 0 Å². The Kier molecular flexibility index (Phi) is 6.55. The van der Waals surface area contributed by atoms with Gasteiger partial charge in [0.15, 0.2) is 0 Å². The molecule has 2 rings (SSSR count).